The Hall–Kier alpha value is -2.15. The van der Waals surface area contributed by atoms with Gasteiger partial charge in [0.25, 0.3) is 5.91 Å². The molecule has 0 aliphatic heterocycles. The largest absolute Gasteiger partial charge is 0.494 e. The molecule has 6 nitrogen and oxygen atoms in total. The Morgan fingerprint density at radius 3 is 2.37 bits per heavy atom. The third-order valence-electron chi connectivity index (χ3n) is 4.05. The molecule has 0 bridgehead atoms. The maximum atomic E-state index is 13.8. The number of methoxy groups -OCH3 is 1. The van der Waals surface area contributed by atoms with Gasteiger partial charge in [-0.1, -0.05) is 19.9 Å². The third-order valence-corrected chi connectivity index (χ3v) is 4.05. The first-order valence-corrected chi connectivity index (χ1v) is 9.05. The zero-order valence-corrected chi connectivity index (χ0v) is 17.0. The van der Waals surface area contributed by atoms with E-state index in [0.29, 0.717) is 18.1 Å². The van der Waals surface area contributed by atoms with Crippen LogP contribution < -0.4 is 4.74 Å². The van der Waals surface area contributed by atoms with E-state index in [1.165, 1.54) is 31.1 Å². The number of hydrogen-bond donors (Lipinski definition) is 0. The summed E-state index contributed by atoms with van der Waals surface area (Å²) in [4.78, 5) is 25.8. The van der Waals surface area contributed by atoms with Gasteiger partial charge in [0.15, 0.2) is 23.8 Å². The summed E-state index contributed by atoms with van der Waals surface area (Å²) in [7, 11) is 2.95. The maximum absolute atomic E-state index is 13.8. The molecule has 1 aromatic rings. The predicted octanol–water partition coefficient (Wildman–Crippen LogP) is 3.18. The minimum absolute atomic E-state index is 0.140. The van der Waals surface area contributed by atoms with Crippen LogP contribution >= 0.6 is 0 Å². The summed E-state index contributed by atoms with van der Waals surface area (Å²) in [6, 6.07) is 4.49. The highest BCUT2D eigenvalue weighted by atomic mass is 19.1. The van der Waals surface area contributed by atoms with E-state index in [-0.39, 0.29) is 18.2 Å². The molecule has 2 atom stereocenters. The quantitative estimate of drug-likeness (QED) is 0.581. The first-order valence-electron chi connectivity index (χ1n) is 9.05. The number of carbonyl (C=O) groups excluding carboxylic acids is 2. The molecule has 27 heavy (non-hydrogen) atoms. The van der Waals surface area contributed by atoms with Crippen molar-refractivity contribution in [3.05, 3.63) is 29.6 Å². The van der Waals surface area contributed by atoms with E-state index < -0.39 is 24.0 Å². The van der Waals surface area contributed by atoms with E-state index in [1.807, 2.05) is 0 Å². The van der Waals surface area contributed by atoms with Crippen LogP contribution in [0.5, 0.6) is 5.75 Å². The monoisotopic (exact) mass is 383 g/mol. The van der Waals surface area contributed by atoms with Gasteiger partial charge in [-0.2, -0.15) is 0 Å². The van der Waals surface area contributed by atoms with Crippen LogP contribution in [0.25, 0.3) is 0 Å². The van der Waals surface area contributed by atoms with Crippen LogP contribution in [0.15, 0.2) is 18.2 Å². The number of halogens is 1. The average Bonchev–Trinajstić information content (AvgIpc) is 2.60. The van der Waals surface area contributed by atoms with Crippen LogP contribution in [-0.2, 0) is 25.6 Å². The lowest BCUT2D eigenvalue weighted by molar-refractivity contribution is -0.167. The molecule has 0 spiro atoms. The highest BCUT2D eigenvalue weighted by molar-refractivity contribution is 5.84. The number of rotatable bonds is 10. The molecule has 0 radical (unpaired) electrons. The molecule has 1 rings (SSSR count). The van der Waals surface area contributed by atoms with Crippen molar-refractivity contribution in [2.75, 3.05) is 20.8 Å². The highest BCUT2D eigenvalue weighted by Gasteiger charge is 2.25. The fraction of sp³-hybridized carbons (Fsp3) is 0.600. The molecule has 1 aromatic carbocycles. The van der Waals surface area contributed by atoms with Gasteiger partial charge in [0.05, 0.1) is 7.11 Å². The number of carbonyl (C=O) groups is 2. The predicted molar refractivity (Wildman–Crippen MR) is 99.8 cm³/mol. The molecule has 7 heteroatoms. The number of hydrogen-bond acceptors (Lipinski definition) is 5. The van der Waals surface area contributed by atoms with Crippen molar-refractivity contribution in [2.24, 2.45) is 5.92 Å². The highest BCUT2D eigenvalue weighted by Crippen LogP contribution is 2.18. The summed E-state index contributed by atoms with van der Waals surface area (Å²) in [5.74, 6) is -0.841. The summed E-state index contributed by atoms with van der Waals surface area (Å²) in [5.41, 5.74) is 0.605. The van der Waals surface area contributed by atoms with Crippen molar-refractivity contribution >= 4 is 11.9 Å². The second-order valence-electron chi connectivity index (χ2n) is 6.94. The van der Waals surface area contributed by atoms with Crippen molar-refractivity contribution in [3.8, 4) is 5.75 Å². The van der Waals surface area contributed by atoms with Crippen molar-refractivity contribution in [1.82, 2.24) is 4.90 Å². The Kier molecular flexibility index (Phi) is 9.21. The summed E-state index contributed by atoms with van der Waals surface area (Å²) < 4.78 is 29.3. The van der Waals surface area contributed by atoms with E-state index in [9.17, 15) is 14.0 Å². The van der Waals surface area contributed by atoms with Crippen molar-refractivity contribution < 1.29 is 28.2 Å². The van der Waals surface area contributed by atoms with Gasteiger partial charge in [-0.25, -0.2) is 9.18 Å². The SMILES string of the molecule is COc1ccc(CN(C)C(=O)C(C)OC(=O)C(C)OCCC(C)C)cc1F. The molecule has 0 fully saturated rings. The molecule has 0 heterocycles. The first-order chi connectivity index (χ1) is 12.6. The lowest BCUT2D eigenvalue weighted by Crippen LogP contribution is -2.39. The van der Waals surface area contributed by atoms with Gasteiger partial charge in [0, 0.05) is 20.2 Å². The molecule has 1 amide bonds. The second-order valence-corrected chi connectivity index (χ2v) is 6.94. The third kappa shape index (κ3) is 7.54. The standard InChI is InChI=1S/C20H30FNO5/c1-13(2)9-10-26-15(4)20(24)27-14(3)19(23)22(5)12-16-7-8-18(25-6)17(21)11-16/h7-8,11,13-15H,9-10,12H2,1-6H3. The number of nitrogens with zero attached hydrogens (tertiary/aromatic N) is 1. The molecular formula is C20H30FNO5. The topological polar surface area (TPSA) is 65.1 Å². The van der Waals surface area contributed by atoms with Crippen molar-refractivity contribution in [2.45, 2.75) is 52.9 Å². The first kappa shape index (κ1) is 22.9. The van der Waals surface area contributed by atoms with Gasteiger partial charge in [0.1, 0.15) is 0 Å². The zero-order valence-electron chi connectivity index (χ0n) is 17.0. The lowest BCUT2D eigenvalue weighted by Gasteiger charge is -2.23. The number of amides is 1. The number of benzene rings is 1. The number of ether oxygens (including phenoxy) is 3. The molecule has 0 aliphatic carbocycles. The molecule has 2 unspecified atom stereocenters. The summed E-state index contributed by atoms with van der Waals surface area (Å²) >= 11 is 0. The van der Waals surface area contributed by atoms with E-state index in [1.54, 1.807) is 20.0 Å². The smallest absolute Gasteiger partial charge is 0.335 e. The van der Waals surface area contributed by atoms with Crippen LogP contribution in [0.1, 0.15) is 39.7 Å². The van der Waals surface area contributed by atoms with E-state index in [4.69, 9.17) is 14.2 Å². The minimum atomic E-state index is -0.957. The molecule has 0 saturated heterocycles. The van der Waals surface area contributed by atoms with Gasteiger partial charge in [-0.05, 0) is 43.9 Å². The fourth-order valence-corrected chi connectivity index (χ4v) is 2.34. The Balaban J connectivity index is 2.54. The fourth-order valence-electron chi connectivity index (χ4n) is 2.34. The molecule has 0 N–H and O–H groups in total. The number of esters is 1. The Morgan fingerprint density at radius 1 is 1.15 bits per heavy atom. The molecular weight excluding hydrogens is 353 g/mol. The van der Waals surface area contributed by atoms with Gasteiger partial charge < -0.3 is 19.1 Å². The minimum Gasteiger partial charge on any atom is -0.494 e. The molecule has 0 aliphatic rings. The Morgan fingerprint density at radius 2 is 1.81 bits per heavy atom. The van der Waals surface area contributed by atoms with Gasteiger partial charge >= 0.3 is 5.97 Å². The van der Waals surface area contributed by atoms with Crippen LogP contribution in [0.2, 0.25) is 0 Å². The lowest BCUT2D eigenvalue weighted by atomic mass is 10.1. The Bertz CT molecular complexity index is 635. The zero-order chi connectivity index (χ0) is 20.6. The number of likely N-dealkylation sites (N-methyl/N-ethyl adjacent to an activating group) is 1. The normalized spacial score (nSPS) is 13.2. The van der Waals surface area contributed by atoms with Gasteiger partial charge in [-0.15, -0.1) is 0 Å². The molecule has 0 aromatic heterocycles. The summed E-state index contributed by atoms with van der Waals surface area (Å²) in [6.45, 7) is 7.88. The van der Waals surface area contributed by atoms with Crippen LogP contribution in [0.4, 0.5) is 4.39 Å². The van der Waals surface area contributed by atoms with E-state index in [0.717, 1.165) is 6.42 Å². The summed E-state index contributed by atoms with van der Waals surface area (Å²) in [6.07, 6.45) is -0.852. The van der Waals surface area contributed by atoms with Gasteiger partial charge in [0.2, 0.25) is 0 Å². The van der Waals surface area contributed by atoms with E-state index >= 15 is 0 Å². The average molecular weight is 383 g/mol. The van der Waals surface area contributed by atoms with Crippen molar-refractivity contribution in [3.63, 3.8) is 0 Å². The molecule has 152 valence electrons. The van der Waals surface area contributed by atoms with Crippen LogP contribution in [-0.4, -0.2) is 49.7 Å². The van der Waals surface area contributed by atoms with Crippen LogP contribution in [0, 0.1) is 11.7 Å². The van der Waals surface area contributed by atoms with Gasteiger partial charge in [-0.3, -0.25) is 4.79 Å². The summed E-state index contributed by atoms with van der Waals surface area (Å²) in [5, 5.41) is 0. The molecule has 0 saturated carbocycles. The second kappa shape index (κ2) is 10.9. The maximum Gasteiger partial charge on any atom is 0.335 e. The van der Waals surface area contributed by atoms with Crippen LogP contribution in [0.3, 0.4) is 0 Å². The Labute approximate surface area is 160 Å². The van der Waals surface area contributed by atoms with Crippen molar-refractivity contribution in [1.29, 1.82) is 0 Å². The van der Waals surface area contributed by atoms with E-state index in [2.05, 4.69) is 13.8 Å².